The number of nitrogens with one attached hydrogen (secondary N) is 1. The predicted molar refractivity (Wildman–Crippen MR) is 95.6 cm³/mol. The van der Waals surface area contributed by atoms with Gasteiger partial charge in [0.15, 0.2) is 5.82 Å². The van der Waals surface area contributed by atoms with Gasteiger partial charge in [0.05, 0.1) is 0 Å². The number of hydrogen-bond donors (Lipinski definition) is 1. The van der Waals surface area contributed by atoms with E-state index < -0.39 is 0 Å². The van der Waals surface area contributed by atoms with E-state index in [9.17, 15) is 0 Å². The molecule has 2 aromatic heterocycles. The molecule has 0 spiro atoms. The van der Waals surface area contributed by atoms with Crippen LogP contribution in [0.2, 0.25) is 0 Å². The maximum absolute atomic E-state index is 4.86. The molecule has 8 heteroatoms. The zero-order valence-corrected chi connectivity index (χ0v) is 14.7. The highest BCUT2D eigenvalue weighted by Crippen LogP contribution is 2.29. The van der Waals surface area contributed by atoms with Crippen LogP contribution in [0.4, 0.5) is 11.8 Å². The van der Waals surface area contributed by atoms with Crippen LogP contribution in [-0.4, -0.2) is 65.5 Å². The summed E-state index contributed by atoms with van der Waals surface area (Å²) in [6, 6.07) is 0. The molecule has 0 saturated carbocycles. The molecule has 0 aliphatic carbocycles. The second-order valence-corrected chi connectivity index (χ2v) is 6.13. The molecule has 1 aliphatic heterocycles. The Kier molecular flexibility index (Phi) is 5.12. The standard InChI is InChI=1S/C15H23N7S/c1-4-21(5-2)13-11-12(14(23-3)18-10-17-11)19-15(20-13)22-8-6-16-7-9-22/h10,16H,4-9H2,1-3H3. The van der Waals surface area contributed by atoms with Gasteiger partial charge >= 0.3 is 0 Å². The van der Waals surface area contributed by atoms with Gasteiger partial charge in [0.2, 0.25) is 5.95 Å². The Morgan fingerprint density at radius 3 is 2.52 bits per heavy atom. The number of aromatic nitrogens is 4. The first kappa shape index (κ1) is 16.2. The van der Waals surface area contributed by atoms with Crippen molar-refractivity contribution >= 4 is 34.6 Å². The number of rotatable bonds is 5. The Morgan fingerprint density at radius 2 is 1.87 bits per heavy atom. The van der Waals surface area contributed by atoms with Crippen LogP contribution in [0, 0.1) is 0 Å². The molecule has 0 atom stereocenters. The van der Waals surface area contributed by atoms with Gasteiger partial charge in [-0.1, -0.05) is 0 Å². The van der Waals surface area contributed by atoms with Crippen LogP contribution in [0.15, 0.2) is 11.4 Å². The Hall–Kier alpha value is -1.67. The topological polar surface area (TPSA) is 70.1 Å². The van der Waals surface area contributed by atoms with E-state index in [-0.39, 0.29) is 0 Å². The van der Waals surface area contributed by atoms with Gasteiger partial charge in [0, 0.05) is 39.3 Å². The normalized spacial score (nSPS) is 15.2. The first-order valence-electron chi connectivity index (χ1n) is 8.05. The fourth-order valence-corrected chi connectivity index (χ4v) is 3.29. The fourth-order valence-electron chi connectivity index (χ4n) is 2.80. The van der Waals surface area contributed by atoms with E-state index in [1.54, 1.807) is 18.1 Å². The lowest BCUT2D eigenvalue weighted by molar-refractivity contribution is 0.580. The first-order valence-corrected chi connectivity index (χ1v) is 9.28. The molecular weight excluding hydrogens is 310 g/mol. The molecule has 0 radical (unpaired) electrons. The smallest absolute Gasteiger partial charge is 0.228 e. The van der Waals surface area contributed by atoms with Crippen molar-refractivity contribution in [3.05, 3.63) is 6.33 Å². The summed E-state index contributed by atoms with van der Waals surface area (Å²) in [5.41, 5.74) is 1.69. The summed E-state index contributed by atoms with van der Waals surface area (Å²) in [5.74, 6) is 1.69. The third-order valence-electron chi connectivity index (χ3n) is 4.07. The second-order valence-electron chi connectivity index (χ2n) is 5.34. The van der Waals surface area contributed by atoms with Crippen molar-refractivity contribution in [2.24, 2.45) is 0 Å². The largest absolute Gasteiger partial charge is 0.355 e. The number of thioether (sulfide) groups is 1. The minimum atomic E-state index is 0.783. The van der Waals surface area contributed by atoms with E-state index in [0.29, 0.717) is 0 Å². The van der Waals surface area contributed by atoms with Gasteiger partial charge < -0.3 is 15.1 Å². The van der Waals surface area contributed by atoms with E-state index in [0.717, 1.165) is 67.1 Å². The quantitative estimate of drug-likeness (QED) is 0.650. The third kappa shape index (κ3) is 3.18. The molecule has 7 nitrogen and oxygen atoms in total. The summed E-state index contributed by atoms with van der Waals surface area (Å²) in [5, 5.41) is 4.27. The van der Waals surface area contributed by atoms with Crippen LogP contribution >= 0.6 is 11.8 Å². The molecule has 1 aliphatic rings. The number of piperazine rings is 1. The third-order valence-corrected chi connectivity index (χ3v) is 4.76. The molecule has 1 N–H and O–H groups in total. The van der Waals surface area contributed by atoms with Crippen molar-refractivity contribution in [3.8, 4) is 0 Å². The average Bonchev–Trinajstić information content (AvgIpc) is 2.62. The van der Waals surface area contributed by atoms with Crippen LogP contribution in [0.5, 0.6) is 0 Å². The van der Waals surface area contributed by atoms with Gasteiger partial charge in [0.25, 0.3) is 0 Å². The van der Waals surface area contributed by atoms with Crippen molar-refractivity contribution in [1.82, 2.24) is 25.3 Å². The molecule has 0 aromatic carbocycles. The lowest BCUT2D eigenvalue weighted by Crippen LogP contribution is -2.44. The van der Waals surface area contributed by atoms with Crippen LogP contribution in [-0.2, 0) is 0 Å². The van der Waals surface area contributed by atoms with Gasteiger partial charge in [-0.2, -0.15) is 4.98 Å². The van der Waals surface area contributed by atoms with E-state index in [2.05, 4.69) is 38.9 Å². The van der Waals surface area contributed by atoms with Crippen molar-refractivity contribution in [2.45, 2.75) is 18.9 Å². The zero-order valence-electron chi connectivity index (χ0n) is 13.9. The lowest BCUT2D eigenvalue weighted by Gasteiger charge is -2.29. The molecule has 0 amide bonds. The Balaban J connectivity index is 2.17. The van der Waals surface area contributed by atoms with Crippen LogP contribution in [0.25, 0.3) is 11.0 Å². The molecule has 3 rings (SSSR count). The van der Waals surface area contributed by atoms with Gasteiger partial charge in [-0.05, 0) is 20.1 Å². The molecule has 23 heavy (non-hydrogen) atoms. The number of hydrogen-bond acceptors (Lipinski definition) is 8. The number of anilines is 2. The molecule has 1 fully saturated rings. The summed E-state index contributed by atoms with van der Waals surface area (Å²) < 4.78 is 0. The van der Waals surface area contributed by atoms with E-state index in [1.165, 1.54) is 0 Å². The van der Waals surface area contributed by atoms with Crippen molar-refractivity contribution < 1.29 is 0 Å². The lowest BCUT2D eigenvalue weighted by atomic mass is 10.3. The van der Waals surface area contributed by atoms with Gasteiger partial charge in [0.1, 0.15) is 22.4 Å². The van der Waals surface area contributed by atoms with Crippen molar-refractivity contribution in [2.75, 3.05) is 55.3 Å². The van der Waals surface area contributed by atoms with E-state index in [4.69, 9.17) is 9.97 Å². The summed E-state index contributed by atoms with van der Waals surface area (Å²) in [7, 11) is 0. The SMILES string of the molecule is CCN(CC)c1nc(N2CCNCC2)nc2c(SC)ncnc12. The minimum absolute atomic E-state index is 0.783. The first-order chi connectivity index (χ1) is 11.3. The van der Waals surface area contributed by atoms with E-state index in [1.807, 2.05) is 6.26 Å². The molecule has 3 heterocycles. The Bertz CT molecular complexity index is 668. The molecular formula is C15H23N7S. The van der Waals surface area contributed by atoms with Gasteiger partial charge in [-0.15, -0.1) is 11.8 Å². The van der Waals surface area contributed by atoms with Gasteiger partial charge in [-0.25, -0.2) is 15.0 Å². The summed E-state index contributed by atoms with van der Waals surface area (Å²) in [4.78, 5) is 23.0. The molecule has 1 saturated heterocycles. The summed E-state index contributed by atoms with van der Waals surface area (Å²) in [6.45, 7) is 9.82. The highest BCUT2D eigenvalue weighted by molar-refractivity contribution is 7.98. The minimum Gasteiger partial charge on any atom is -0.355 e. The van der Waals surface area contributed by atoms with Crippen LogP contribution in [0.3, 0.4) is 0 Å². The van der Waals surface area contributed by atoms with Gasteiger partial charge in [-0.3, -0.25) is 0 Å². The highest BCUT2D eigenvalue weighted by atomic mass is 32.2. The number of fused-ring (bicyclic) bond motifs is 1. The second kappa shape index (κ2) is 7.27. The molecule has 2 aromatic rings. The molecule has 0 bridgehead atoms. The maximum Gasteiger partial charge on any atom is 0.228 e. The van der Waals surface area contributed by atoms with Crippen molar-refractivity contribution in [3.63, 3.8) is 0 Å². The molecule has 124 valence electrons. The van der Waals surface area contributed by atoms with Crippen molar-refractivity contribution in [1.29, 1.82) is 0 Å². The fraction of sp³-hybridized carbons (Fsp3) is 0.600. The van der Waals surface area contributed by atoms with E-state index >= 15 is 0 Å². The predicted octanol–water partition coefficient (Wildman–Crippen LogP) is 1.40. The Labute approximate surface area is 140 Å². The maximum atomic E-state index is 4.86. The van der Waals surface area contributed by atoms with Crippen LogP contribution < -0.4 is 15.1 Å². The average molecular weight is 333 g/mol. The summed E-state index contributed by atoms with van der Waals surface area (Å²) >= 11 is 1.60. The highest BCUT2D eigenvalue weighted by Gasteiger charge is 2.20. The monoisotopic (exact) mass is 333 g/mol. The zero-order chi connectivity index (χ0) is 16.2. The molecule has 0 unspecified atom stereocenters. The Morgan fingerprint density at radius 1 is 1.13 bits per heavy atom. The number of nitrogens with zero attached hydrogens (tertiary/aromatic N) is 6. The summed E-state index contributed by atoms with van der Waals surface area (Å²) in [6.07, 6.45) is 3.63. The van der Waals surface area contributed by atoms with Crippen LogP contribution in [0.1, 0.15) is 13.8 Å².